The van der Waals surface area contributed by atoms with Crippen molar-refractivity contribution in [2.24, 2.45) is 0 Å². The second-order valence-corrected chi connectivity index (χ2v) is 7.24. The standard InChI is InChI=1S/C21H21N3O3S/c22-10-15-7-4-8-16(9-15)23-21(28)24-17-12-26-20-18(13-27-19(17)20)25-11-14-5-2-1-3-6-14/h1-9,17-20H,11-13H2,(H2,23,24,28)/t17-,18-,19-,20+/m0/s1. The van der Waals surface area contributed by atoms with Crippen LogP contribution in [0.15, 0.2) is 54.6 Å². The van der Waals surface area contributed by atoms with Gasteiger partial charge in [0.25, 0.3) is 0 Å². The molecule has 28 heavy (non-hydrogen) atoms. The molecule has 0 aliphatic carbocycles. The lowest BCUT2D eigenvalue weighted by molar-refractivity contribution is -0.0391. The fourth-order valence-corrected chi connectivity index (χ4v) is 3.78. The summed E-state index contributed by atoms with van der Waals surface area (Å²) in [6.07, 6.45) is -0.303. The van der Waals surface area contributed by atoms with Crippen molar-refractivity contribution in [2.75, 3.05) is 18.5 Å². The van der Waals surface area contributed by atoms with Crippen LogP contribution in [0.5, 0.6) is 0 Å². The molecule has 7 heteroatoms. The number of benzene rings is 2. The van der Waals surface area contributed by atoms with Gasteiger partial charge in [-0.15, -0.1) is 0 Å². The van der Waals surface area contributed by atoms with Crippen LogP contribution in [0.3, 0.4) is 0 Å². The summed E-state index contributed by atoms with van der Waals surface area (Å²) in [6, 6.07) is 19.3. The number of anilines is 1. The molecule has 2 heterocycles. The van der Waals surface area contributed by atoms with Crippen LogP contribution in [0.4, 0.5) is 5.69 Å². The van der Waals surface area contributed by atoms with Crippen LogP contribution in [0.1, 0.15) is 11.1 Å². The summed E-state index contributed by atoms with van der Waals surface area (Å²) >= 11 is 5.41. The third-order valence-corrected chi connectivity index (χ3v) is 5.10. The van der Waals surface area contributed by atoms with Gasteiger partial charge in [-0.05, 0) is 36.0 Å². The minimum Gasteiger partial charge on any atom is -0.370 e. The fourth-order valence-electron chi connectivity index (χ4n) is 3.51. The number of rotatable bonds is 5. The molecule has 2 aromatic rings. The van der Waals surface area contributed by atoms with E-state index in [0.29, 0.717) is 30.5 Å². The van der Waals surface area contributed by atoms with Crippen molar-refractivity contribution in [3.05, 3.63) is 65.7 Å². The maximum Gasteiger partial charge on any atom is 0.171 e. The number of nitrogens with zero attached hydrogens (tertiary/aromatic N) is 1. The van der Waals surface area contributed by atoms with E-state index in [0.717, 1.165) is 11.3 Å². The van der Waals surface area contributed by atoms with Crippen molar-refractivity contribution in [3.8, 4) is 6.07 Å². The van der Waals surface area contributed by atoms with Gasteiger partial charge in [0.2, 0.25) is 0 Å². The monoisotopic (exact) mass is 395 g/mol. The summed E-state index contributed by atoms with van der Waals surface area (Å²) in [5, 5.41) is 15.8. The predicted octanol–water partition coefficient (Wildman–Crippen LogP) is 2.60. The van der Waals surface area contributed by atoms with Crippen LogP contribution in [0.25, 0.3) is 0 Å². The molecule has 0 amide bonds. The minimum atomic E-state index is -0.106. The molecule has 4 atom stereocenters. The van der Waals surface area contributed by atoms with Gasteiger partial charge >= 0.3 is 0 Å². The zero-order valence-electron chi connectivity index (χ0n) is 15.2. The molecule has 6 nitrogen and oxygen atoms in total. The van der Waals surface area contributed by atoms with Gasteiger partial charge in [-0.25, -0.2) is 0 Å². The average molecular weight is 395 g/mol. The van der Waals surface area contributed by atoms with Crippen LogP contribution in [0, 0.1) is 11.3 Å². The lowest BCUT2D eigenvalue weighted by Gasteiger charge is -2.20. The van der Waals surface area contributed by atoms with Crippen molar-refractivity contribution < 1.29 is 14.2 Å². The maximum atomic E-state index is 9.00. The Morgan fingerprint density at radius 3 is 2.75 bits per heavy atom. The maximum absolute atomic E-state index is 9.00. The van der Waals surface area contributed by atoms with E-state index in [9.17, 15) is 0 Å². The van der Waals surface area contributed by atoms with E-state index in [2.05, 4.69) is 16.7 Å². The first-order valence-electron chi connectivity index (χ1n) is 9.19. The molecule has 0 aromatic heterocycles. The number of ether oxygens (including phenoxy) is 3. The third kappa shape index (κ3) is 4.32. The second kappa shape index (κ2) is 8.67. The van der Waals surface area contributed by atoms with Crippen molar-refractivity contribution >= 4 is 23.0 Å². The van der Waals surface area contributed by atoms with Crippen molar-refractivity contribution in [3.63, 3.8) is 0 Å². The van der Waals surface area contributed by atoms with E-state index in [1.807, 2.05) is 42.5 Å². The molecule has 2 aliphatic rings. The normalized spacial score (nSPS) is 25.7. The summed E-state index contributed by atoms with van der Waals surface area (Å²) in [7, 11) is 0. The molecule has 2 saturated heterocycles. The van der Waals surface area contributed by atoms with Crippen LogP contribution >= 0.6 is 12.2 Å². The zero-order chi connectivity index (χ0) is 19.3. The van der Waals surface area contributed by atoms with Crippen molar-refractivity contribution in [1.29, 1.82) is 5.26 Å². The summed E-state index contributed by atoms with van der Waals surface area (Å²) in [6.45, 7) is 1.54. The smallest absolute Gasteiger partial charge is 0.171 e. The molecular weight excluding hydrogens is 374 g/mol. The summed E-state index contributed by atoms with van der Waals surface area (Å²) in [5.41, 5.74) is 2.47. The molecule has 2 fully saturated rings. The van der Waals surface area contributed by atoms with Gasteiger partial charge in [0.1, 0.15) is 18.3 Å². The number of hydrogen-bond acceptors (Lipinski definition) is 5. The largest absolute Gasteiger partial charge is 0.370 e. The Kier molecular flexibility index (Phi) is 5.84. The van der Waals surface area contributed by atoms with Gasteiger partial charge in [-0.3, -0.25) is 0 Å². The van der Waals surface area contributed by atoms with Gasteiger partial charge in [-0.2, -0.15) is 5.26 Å². The highest BCUT2D eigenvalue weighted by Crippen LogP contribution is 2.29. The first kappa shape index (κ1) is 18.8. The molecule has 0 radical (unpaired) electrons. The van der Waals surface area contributed by atoms with Crippen LogP contribution in [-0.4, -0.2) is 42.7 Å². The molecule has 144 valence electrons. The van der Waals surface area contributed by atoms with Crippen molar-refractivity contribution in [1.82, 2.24) is 5.32 Å². The lowest BCUT2D eigenvalue weighted by atomic mass is 10.1. The summed E-state index contributed by atoms with van der Waals surface area (Å²) in [5.74, 6) is 0. The third-order valence-electron chi connectivity index (χ3n) is 4.88. The predicted molar refractivity (Wildman–Crippen MR) is 109 cm³/mol. The van der Waals surface area contributed by atoms with Crippen LogP contribution in [0.2, 0.25) is 0 Å². The molecule has 2 aromatic carbocycles. The topological polar surface area (TPSA) is 75.5 Å². The highest BCUT2D eigenvalue weighted by Gasteiger charge is 2.48. The number of thiocarbonyl (C=S) groups is 1. The van der Waals surface area contributed by atoms with E-state index in [1.165, 1.54) is 0 Å². The molecule has 0 bridgehead atoms. The Bertz CT molecular complexity index is 871. The number of nitrogens with one attached hydrogen (secondary N) is 2. The van der Waals surface area contributed by atoms with Gasteiger partial charge < -0.3 is 24.8 Å². The van der Waals surface area contributed by atoms with E-state index < -0.39 is 0 Å². The SMILES string of the molecule is N#Cc1cccc(NC(=S)N[C@H]2CO[C@H]3[C@H]2OC[C@@H]3OCc2ccccc2)c1. The number of nitriles is 1. The van der Waals surface area contributed by atoms with Crippen LogP contribution < -0.4 is 10.6 Å². The summed E-state index contributed by atoms with van der Waals surface area (Å²) in [4.78, 5) is 0. The van der Waals surface area contributed by atoms with Gasteiger partial charge in [0, 0.05) is 5.69 Å². The van der Waals surface area contributed by atoms with Crippen LogP contribution in [-0.2, 0) is 20.8 Å². The Balaban J connectivity index is 1.29. The number of fused-ring (bicyclic) bond motifs is 1. The molecule has 4 rings (SSSR count). The quantitative estimate of drug-likeness (QED) is 0.754. The summed E-state index contributed by atoms with van der Waals surface area (Å²) < 4.78 is 17.9. The van der Waals surface area contributed by atoms with Gasteiger partial charge in [0.05, 0.1) is 37.5 Å². The molecular formula is C21H21N3O3S. The molecule has 2 aliphatic heterocycles. The van der Waals surface area contributed by atoms with Gasteiger partial charge in [0.15, 0.2) is 5.11 Å². The Labute approximate surface area is 169 Å². The Hall–Kier alpha value is -2.50. The second-order valence-electron chi connectivity index (χ2n) is 6.83. The van der Waals surface area contributed by atoms with E-state index in [4.69, 9.17) is 31.7 Å². The molecule has 2 N–H and O–H groups in total. The average Bonchev–Trinajstić information content (AvgIpc) is 3.30. The number of hydrogen-bond donors (Lipinski definition) is 2. The zero-order valence-corrected chi connectivity index (χ0v) is 16.0. The highest BCUT2D eigenvalue weighted by atomic mass is 32.1. The first-order valence-corrected chi connectivity index (χ1v) is 9.60. The van der Waals surface area contributed by atoms with E-state index in [1.54, 1.807) is 12.1 Å². The van der Waals surface area contributed by atoms with E-state index >= 15 is 0 Å². The Morgan fingerprint density at radius 2 is 1.93 bits per heavy atom. The van der Waals surface area contributed by atoms with Gasteiger partial charge in [-0.1, -0.05) is 36.4 Å². The Morgan fingerprint density at radius 1 is 1.11 bits per heavy atom. The van der Waals surface area contributed by atoms with E-state index in [-0.39, 0.29) is 24.4 Å². The van der Waals surface area contributed by atoms with Crippen molar-refractivity contribution in [2.45, 2.75) is 31.0 Å². The molecule has 0 unspecified atom stereocenters. The first-order chi connectivity index (χ1) is 13.7. The lowest BCUT2D eigenvalue weighted by Crippen LogP contribution is -2.45. The highest BCUT2D eigenvalue weighted by molar-refractivity contribution is 7.80. The molecule has 0 saturated carbocycles. The minimum absolute atomic E-state index is 0.0468. The fraction of sp³-hybridized carbons (Fsp3) is 0.333. The molecule has 0 spiro atoms.